The van der Waals surface area contributed by atoms with Crippen LogP contribution in [0.1, 0.15) is 35.8 Å². The Kier molecular flexibility index (Phi) is 5.93. The van der Waals surface area contributed by atoms with Gasteiger partial charge in [-0.05, 0) is 55.8 Å². The van der Waals surface area contributed by atoms with Crippen molar-refractivity contribution in [2.75, 3.05) is 7.05 Å². The van der Waals surface area contributed by atoms with Crippen molar-refractivity contribution in [2.24, 2.45) is 0 Å². The Balaban J connectivity index is 2.00. The Labute approximate surface area is 146 Å². The number of rotatable bonds is 5. The van der Waals surface area contributed by atoms with Crippen molar-refractivity contribution in [1.29, 1.82) is 0 Å². The molecule has 0 spiro atoms. The molecule has 0 aliphatic rings. The lowest BCUT2D eigenvalue weighted by Crippen LogP contribution is -2.46. The zero-order chi connectivity index (χ0) is 17.7. The molecule has 0 bridgehead atoms. The Hall–Kier alpha value is -2.40. The highest BCUT2D eigenvalue weighted by Gasteiger charge is 2.24. The number of aromatic nitrogens is 1. The van der Waals surface area contributed by atoms with Crippen molar-refractivity contribution < 1.29 is 9.59 Å². The summed E-state index contributed by atoms with van der Waals surface area (Å²) in [7, 11) is 1.72. The van der Waals surface area contributed by atoms with Gasteiger partial charge in [-0.3, -0.25) is 14.6 Å². The number of likely N-dealkylation sites (N-methyl/N-ethyl adjacent to an activating group) is 1. The number of benzene rings is 1. The van der Waals surface area contributed by atoms with E-state index in [9.17, 15) is 9.59 Å². The van der Waals surface area contributed by atoms with E-state index in [0.29, 0.717) is 10.6 Å². The second kappa shape index (κ2) is 7.93. The van der Waals surface area contributed by atoms with Gasteiger partial charge in [-0.2, -0.15) is 0 Å². The Morgan fingerprint density at radius 1 is 1.08 bits per heavy atom. The summed E-state index contributed by atoms with van der Waals surface area (Å²) < 4.78 is 0. The predicted molar refractivity (Wildman–Crippen MR) is 93.8 cm³/mol. The largest absolute Gasteiger partial charge is 0.341 e. The van der Waals surface area contributed by atoms with Crippen molar-refractivity contribution in [3.63, 3.8) is 0 Å². The van der Waals surface area contributed by atoms with Crippen molar-refractivity contribution in [1.82, 2.24) is 15.2 Å². The molecule has 0 saturated carbocycles. The first kappa shape index (κ1) is 17.9. The van der Waals surface area contributed by atoms with E-state index in [-0.39, 0.29) is 17.9 Å². The topological polar surface area (TPSA) is 62.3 Å². The van der Waals surface area contributed by atoms with Gasteiger partial charge >= 0.3 is 0 Å². The number of hydrogen-bond donors (Lipinski definition) is 1. The van der Waals surface area contributed by atoms with Gasteiger partial charge in [0.05, 0.1) is 6.04 Å². The van der Waals surface area contributed by atoms with Crippen molar-refractivity contribution in [3.05, 3.63) is 64.9 Å². The van der Waals surface area contributed by atoms with E-state index in [2.05, 4.69) is 10.3 Å². The maximum atomic E-state index is 12.6. The predicted octanol–water partition coefficient (Wildman–Crippen LogP) is 3.07. The summed E-state index contributed by atoms with van der Waals surface area (Å²) in [6, 6.07) is 9.51. The lowest BCUT2D eigenvalue weighted by atomic mass is 10.1. The summed E-state index contributed by atoms with van der Waals surface area (Å²) in [6.07, 6.45) is 3.38. The molecule has 0 saturated heterocycles. The maximum Gasteiger partial charge on any atom is 0.251 e. The number of halogens is 1. The second-order valence-corrected chi connectivity index (χ2v) is 6.04. The number of carbonyl (C=O) groups excluding carboxylic acids is 2. The van der Waals surface area contributed by atoms with Crippen LogP contribution in [0.4, 0.5) is 0 Å². The number of hydrogen-bond acceptors (Lipinski definition) is 3. The molecule has 1 heterocycles. The molecule has 1 N–H and O–H groups in total. The fourth-order valence-electron chi connectivity index (χ4n) is 2.30. The van der Waals surface area contributed by atoms with Gasteiger partial charge in [-0.1, -0.05) is 11.6 Å². The molecule has 1 aromatic carbocycles. The van der Waals surface area contributed by atoms with Crippen LogP contribution in [0.2, 0.25) is 5.02 Å². The SMILES string of the molecule is C[C@H](c1ccncc1)N(C)C(=O)[C@@H](C)NC(=O)c1ccc(Cl)cc1. The van der Waals surface area contributed by atoms with Gasteiger partial charge in [0.25, 0.3) is 5.91 Å². The van der Waals surface area contributed by atoms with E-state index in [1.165, 1.54) is 0 Å². The highest BCUT2D eigenvalue weighted by molar-refractivity contribution is 6.30. The molecule has 24 heavy (non-hydrogen) atoms. The smallest absolute Gasteiger partial charge is 0.251 e. The molecular formula is C18H20ClN3O2. The van der Waals surface area contributed by atoms with E-state index in [1.54, 1.807) is 55.5 Å². The molecule has 2 amide bonds. The van der Waals surface area contributed by atoms with Crippen LogP contribution in [0, 0.1) is 0 Å². The summed E-state index contributed by atoms with van der Waals surface area (Å²) in [6.45, 7) is 3.60. The van der Waals surface area contributed by atoms with Gasteiger partial charge in [0.2, 0.25) is 5.91 Å². The third-order valence-corrected chi connectivity index (χ3v) is 4.19. The Morgan fingerprint density at radius 2 is 1.67 bits per heavy atom. The highest BCUT2D eigenvalue weighted by atomic mass is 35.5. The van der Waals surface area contributed by atoms with Crippen LogP contribution in [-0.4, -0.2) is 34.8 Å². The first-order chi connectivity index (χ1) is 11.4. The minimum atomic E-state index is -0.637. The van der Waals surface area contributed by atoms with Crippen LogP contribution in [0.25, 0.3) is 0 Å². The standard InChI is InChI=1S/C18H20ClN3O2/c1-12(21-17(23)15-4-6-16(19)7-5-15)18(24)22(3)13(2)14-8-10-20-11-9-14/h4-13H,1-3H3,(H,21,23)/t12-,13-/m1/s1. The molecular weight excluding hydrogens is 326 g/mol. The van der Waals surface area contributed by atoms with Crippen LogP contribution in [0.3, 0.4) is 0 Å². The minimum absolute atomic E-state index is 0.115. The monoisotopic (exact) mass is 345 g/mol. The quantitative estimate of drug-likeness (QED) is 0.905. The fraction of sp³-hybridized carbons (Fsp3) is 0.278. The molecule has 126 valence electrons. The lowest BCUT2D eigenvalue weighted by molar-refractivity contribution is -0.133. The molecule has 2 atom stereocenters. The Bertz CT molecular complexity index is 704. The summed E-state index contributed by atoms with van der Waals surface area (Å²) in [4.78, 5) is 30.3. The van der Waals surface area contributed by atoms with E-state index in [4.69, 9.17) is 11.6 Å². The molecule has 0 fully saturated rings. The fourth-order valence-corrected chi connectivity index (χ4v) is 2.43. The first-order valence-corrected chi connectivity index (χ1v) is 8.01. The second-order valence-electron chi connectivity index (χ2n) is 5.61. The third kappa shape index (κ3) is 4.32. The summed E-state index contributed by atoms with van der Waals surface area (Å²) in [5, 5.41) is 3.27. The molecule has 0 unspecified atom stereocenters. The third-order valence-electron chi connectivity index (χ3n) is 3.94. The molecule has 2 aromatic rings. The highest BCUT2D eigenvalue weighted by Crippen LogP contribution is 2.18. The van der Waals surface area contributed by atoms with Gasteiger partial charge < -0.3 is 10.2 Å². The maximum absolute atomic E-state index is 12.6. The zero-order valence-electron chi connectivity index (χ0n) is 13.9. The number of carbonyl (C=O) groups is 2. The Morgan fingerprint density at radius 3 is 2.25 bits per heavy atom. The lowest BCUT2D eigenvalue weighted by Gasteiger charge is -2.28. The van der Waals surface area contributed by atoms with Gasteiger partial charge in [0.1, 0.15) is 6.04 Å². The molecule has 0 aliphatic carbocycles. The number of nitrogens with zero attached hydrogens (tertiary/aromatic N) is 2. The average molecular weight is 346 g/mol. The average Bonchev–Trinajstić information content (AvgIpc) is 2.61. The minimum Gasteiger partial charge on any atom is -0.341 e. The van der Waals surface area contributed by atoms with Crippen molar-refractivity contribution in [3.8, 4) is 0 Å². The van der Waals surface area contributed by atoms with E-state index in [0.717, 1.165) is 5.56 Å². The van der Waals surface area contributed by atoms with Crippen LogP contribution in [0.15, 0.2) is 48.8 Å². The molecule has 6 heteroatoms. The van der Waals surface area contributed by atoms with Gasteiger partial charge in [-0.15, -0.1) is 0 Å². The molecule has 5 nitrogen and oxygen atoms in total. The summed E-state index contributed by atoms with van der Waals surface area (Å²) in [5.41, 5.74) is 1.45. The van der Waals surface area contributed by atoms with Gasteiger partial charge in [0, 0.05) is 30.0 Å². The molecule has 2 rings (SSSR count). The number of nitrogens with one attached hydrogen (secondary N) is 1. The van der Waals surface area contributed by atoms with Crippen LogP contribution < -0.4 is 5.32 Å². The van der Waals surface area contributed by atoms with Crippen molar-refractivity contribution >= 4 is 23.4 Å². The summed E-state index contributed by atoms with van der Waals surface area (Å²) in [5.74, 6) is -0.473. The van der Waals surface area contributed by atoms with Crippen LogP contribution >= 0.6 is 11.6 Å². The number of pyridine rings is 1. The van der Waals surface area contributed by atoms with Crippen molar-refractivity contribution in [2.45, 2.75) is 25.9 Å². The van der Waals surface area contributed by atoms with Gasteiger partial charge in [-0.25, -0.2) is 0 Å². The van der Waals surface area contributed by atoms with Gasteiger partial charge in [0.15, 0.2) is 0 Å². The molecule has 0 radical (unpaired) electrons. The molecule has 1 aromatic heterocycles. The first-order valence-electron chi connectivity index (χ1n) is 7.63. The summed E-state index contributed by atoms with van der Waals surface area (Å²) >= 11 is 5.81. The van der Waals surface area contributed by atoms with E-state index < -0.39 is 6.04 Å². The zero-order valence-corrected chi connectivity index (χ0v) is 14.6. The normalized spacial score (nSPS) is 13.0. The van der Waals surface area contributed by atoms with E-state index in [1.807, 2.05) is 19.1 Å². The molecule has 0 aliphatic heterocycles. The van der Waals surface area contributed by atoms with Crippen LogP contribution in [-0.2, 0) is 4.79 Å². The number of amides is 2. The van der Waals surface area contributed by atoms with Crippen LogP contribution in [0.5, 0.6) is 0 Å². The van der Waals surface area contributed by atoms with E-state index >= 15 is 0 Å².